The first kappa shape index (κ1) is 19.3. The van der Waals surface area contributed by atoms with Crippen molar-refractivity contribution >= 4 is 5.97 Å². The van der Waals surface area contributed by atoms with Crippen molar-refractivity contribution in [2.45, 2.75) is 83.7 Å². The van der Waals surface area contributed by atoms with Crippen molar-refractivity contribution in [3.05, 3.63) is 0 Å². The average Bonchev–Trinajstić information content (AvgIpc) is 2.38. The maximum Gasteiger partial charge on any atom is 0.490 e. The van der Waals surface area contributed by atoms with E-state index in [0.29, 0.717) is 6.42 Å². The maximum atomic E-state index is 11.8. The predicted molar refractivity (Wildman–Crippen MR) is 73.5 cm³/mol. The Morgan fingerprint density at radius 3 is 1.60 bits per heavy atom. The molecule has 0 aliphatic heterocycles. The van der Waals surface area contributed by atoms with E-state index >= 15 is 0 Å². The maximum absolute atomic E-state index is 11.8. The number of hydrogen-bond acceptors (Lipinski definition) is 2. The first-order chi connectivity index (χ1) is 9.48. The van der Waals surface area contributed by atoms with Gasteiger partial charge in [0.05, 0.1) is 6.61 Å². The molecular formula is C15H27F3O2. The van der Waals surface area contributed by atoms with Gasteiger partial charge in [-0.1, -0.05) is 71.1 Å². The van der Waals surface area contributed by atoms with Crippen LogP contribution in [0.15, 0.2) is 0 Å². The Morgan fingerprint density at radius 2 is 1.20 bits per heavy atom. The van der Waals surface area contributed by atoms with Gasteiger partial charge in [-0.05, 0) is 6.42 Å². The normalized spacial score (nSPS) is 11.6. The molecular weight excluding hydrogens is 269 g/mol. The van der Waals surface area contributed by atoms with Crippen molar-refractivity contribution in [1.82, 2.24) is 0 Å². The number of carbonyl (C=O) groups is 1. The summed E-state index contributed by atoms with van der Waals surface area (Å²) in [6.45, 7) is 2.07. The van der Waals surface area contributed by atoms with E-state index in [0.717, 1.165) is 19.3 Å². The Hall–Kier alpha value is -0.740. The third kappa shape index (κ3) is 12.3. The van der Waals surface area contributed by atoms with Crippen LogP contribution in [0.1, 0.15) is 77.6 Å². The number of alkyl halides is 3. The molecule has 0 aliphatic carbocycles. The number of hydrogen-bond donors (Lipinski definition) is 0. The van der Waals surface area contributed by atoms with E-state index in [9.17, 15) is 18.0 Å². The molecule has 0 aliphatic rings. The van der Waals surface area contributed by atoms with Gasteiger partial charge in [-0.3, -0.25) is 0 Å². The summed E-state index contributed by atoms with van der Waals surface area (Å²) in [5.41, 5.74) is 0. The molecule has 0 spiro atoms. The minimum Gasteiger partial charge on any atom is -0.459 e. The average molecular weight is 296 g/mol. The largest absolute Gasteiger partial charge is 0.490 e. The van der Waals surface area contributed by atoms with E-state index in [1.54, 1.807) is 0 Å². The standard InChI is InChI=1S/C15H27F3O2/c1-2-3-4-5-6-7-8-9-10-11-12-13-20-14(19)15(16,17)18/h2-13H2,1H3. The van der Waals surface area contributed by atoms with Crippen molar-refractivity contribution in [3.8, 4) is 0 Å². The summed E-state index contributed by atoms with van der Waals surface area (Å²) in [6, 6.07) is 0. The Kier molecular flexibility index (Phi) is 11.6. The molecule has 0 atom stereocenters. The minimum absolute atomic E-state index is 0.130. The highest BCUT2D eigenvalue weighted by atomic mass is 19.4. The molecule has 120 valence electrons. The van der Waals surface area contributed by atoms with Gasteiger partial charge in [0.1, 0.15) is 0 Å². The topological polar surface area (TPSA) is 26.3 Å². The van der Waals surface area contributed by atoms with E-state index in [-0.39, 0.29) is 6.61 Å². The molecule has 0 aromatic rings. The second-order valence-corrected chi connectivity index (χ2v) is 5.17. The van der Waals surface area contributed by atoms with Gasteiger partial charge in [0, 0.05) is 0 Å². The van der Waals surface area contributed by atoms with Crippen LogP contribution in [0, 0.1) is 0 Å². The van der Waals surface area contributed by atoms with Crippen LogP contribution in [0.2, 0.25) is 0 Å². The zero-order valence-corrected chi connectivity index (χ0v) is 12.4. The van der Waals surface area contributed by atoms with Gasteiger partial charge in [0.2, 0.25) is 0 Å². The fourth-order valence-electron chi connectivity index (χ4n) is 2.01. The lowest BCUT2D eigenvalue weighted by Crippen LogP contribution is -2.25. The molecule has 0 unspecified atom stereocenters. The van der Waals surface area contributed by atoms with Crippen molar-refractivity contribution in [2.24, 2.45) is 0 Å². The van der Waals surface area contributed by atoms with Gasteiger partial charge in [-0.25, -0.2) is 4.79 Å². The number of esters is 1. The van der Waals surface area contributed by atoms with Crippen molar-refractivity contribution in [3.63, 3.8) is 0 Å². The molecule has 20 heavy (non-hydrogen) atoms. The van der Waals surface area contributed by atoms with Crippen molar-refractivity contribution < 1.29 is 22.7 Å². The highest BCUT2D eigenvalue weighted by Gasteiger charge is 2.40. The number of carbonyl (C=O) groups excluding carboxylic acids is 1. The number of rotatable bonds is 12. The molecule has 0 amide bonds. The SMILES string of the molecule is CCCCCCCCCCCCCOC(=O)C(F)(F)F. The van der Waals surface area contributed by atoms with Gasteiger partial charge in [0.25, 0.3) is 0 Å². The van der Waals surface area contributed by atoms with E-state index in [1.165, 1.54) is 44.9 Å². The molecule has 0 N–H and O–H groups in total. The summed E-state index contributed by atoms with van der Waals surface area (Å²) in [7, 11) is 0. The van der Waals surface area contributed by atoms with E-state index in [2.05, 4.69) is 11.7 Å². The van der Waals surface area contributed by atoms with E-state index < -0.39 is 12.1 Å². The number of unbranched alkanes of at least 4 members (excludes halogenated alkanes) is 10. The number of ether oxygens (including phenoxy) is 1. The Balaban J connectivity index is 3.16. The number of halogens is 3. The van der Waals surface area contributed by atoms with Gasteiger partial charge in [-0.2, -0.15) is 13.2 Å². The van der Waals surface area contributed by atoms with Crippen LogP contribution in [0.25, 0.3) is 0 Å². The summed E-state index contributed by atoms with van der Waals surface area (Å²) >= 11 is 0. The molecule has 0 aromatic carbocycles. The van der Waals surface area contributed by atoms with Gasteiger partial charge in [0.15, 0.2) is 0 Å². The monoisotopic (exact) mass is 296 g/mol. The second-order valence-electron chi connectivity index (χ2n) is 5.17. The quantitative estimate of drug-likeness (QED) is 0.356. The minimum atomic E-state index is -4.86. The summed E-state index contributed by atoms with van der Waals surface area (Å²) in [4.78, 5) is 10.4. The van der Waals surface area contributed by atoms with E-state index in [1.807, 2.05) is 0 Å². The molecule has 0 heterocycles. The molecule has 0 fully saturated rings. The lowest BCUT2D eigenvalue weighted by Gasteiger charge is -2.07. The summed E-state index contributed by atoms with van der Waals surface area (Å²) < 4.78 is 39.5. The molecule has 0 bridgehead atoms. The smallest absolute Gasteiger partial charge is 0.459 e. The van der Waals surface area contributed by atoms with Crippen LogP contribution in [-0.2, 0) is 9.53 Å². The fourth-order valence-corrected chi connectivity index (χ4v) is 2.01. The summed E-state index contributed by atoms with van der Waals surface area (Å²) in [5, 5.41) is 0. The zero-order valence-electron chi connectivity index (χ0n) is 12.4. The first-order valence-electron chi connectivity index (χ1n) is 7.72. The van der Waals surface area contributed by atoms with Gasteiger partial charge in [-0.15, -0.1) is 0 Å². The second kappa shape index (κ2) is 12.0. The third-order valence-corrected chi connectivity index (χ3v) is 3.21. The lowest BCUT2D eigenvalue weighted by atomic mass is 10.1. The first-order valence-corrected chi connectivity index (χ1v) is 7.72. The van der Waals surface area contributed by atoms with Crippen LogP contribution in [0.3, 0.4) is 0 Å². The van der Waals surface area contributed by atoms with E-state index in [4.69, 9.17) is 0 Å². The molecule has 5 heteroatoms. The molecule has 0 aromatic heterocycles. The van der Waals surface area contributed by atoms with Crippen molar-refractivity contribution in [2.75, 3.05) is 6.61 Å². The Bertz CT molecular complexity index is 240. The fraction of sp³-hybridized carbons (Fsp3) is 0.933. The predicted octanol–water partition coefficient (Wildman–Crippen LogP) is 5.40. The summed E-state index contributed by atoms with van der Waals surface area (Å²) in [6.07, 6.45) is 7.50. The Morgan fingerprint density at radius 1 is 0.800 bits per heavy atom. The Labute approximate surface area is 120 Å². The van der Waals surface area contributed by atoms with Crippen LogP contribution < -0.4 is 0 Å². The van der Waals surface area contributed by atoms with Gasteiger partial charge >= 0.3 is 12.1 Å². The van der Waals surface area contributed by atoms with Crippen LogP contribution in [-0.4, -0.2) is 18.8 Å². The van der Waals surface area contributed by atoms with Crippen LogP contribution in [0.4, 0.5) is 13.2 Å². The molecule has 0 rings (SSSR count). The third-order valence-electron chi connectivity index (χ3n) is 3.21. The molecule has 2 nitrogen and oxygen atoms in total. The van der Waals surface area contributed by atoms with Crippen LogP contribution in [0.5, 0.6) is 0 Å². The van der Waals surface area contributed by atoms with Crippen molar-refractivity contribution in [1.29, 1.82) is 0 Å². The highest BCUT2D eigenvalue weighted by Crippen LogP contribution is 2.17. The molecule has 0 saturated heterocycles. The molecule has 0 radical (unpaired) electrons. The lowest BCUT2D eigenvalue weighted by molar-refractivity contribution is -0.199. The zero-order chi connectivity index (χ0) is 15.3. The van der Waals surface area contributed by atoms with Gasteiger partial charge < -0.3 is 4.74 Å². The highest BCUT2D eigenvalue weighted by molar-refractivity contribution is 5.75. The van der Waals surface area contributed by atoms with Crippen LogP contribution >= 0.6 is 0 Å². The molecule has 0 saturated carbocycles. The summed E-state index contributed by atoms with van der Waals surface area (Å²) in [5.74, 6) is -2.08.